The first-order chi connectivity index (χ1) is 10.2. The van der Waals surface area contributed by atoms with E-state index in [-0.39, 0.29) is 17.6 Å². The van der Waals surface area contributed by atoms with Crippen molar-refractivity contribution in [2.75, 3.05) is 6.54 Å². The van der Waals surface area contributed by atoms with Gasteiger partial charge in [0.2, 0.25) is 5.91 Å². The van der Waals surface area contributed by atoms with Crippen LogP contribution in [0.5, 0.6) is 0 Å². The van der Waals surface area contributed by atoms with Gasteiger partial charge in [-0.3, -0.25) is 14.8 Å². The summed E-state index contributed by atoms with van der Waals surface area (Å²) in [6.45, 7) is 0.773. The number of H-pyrrole nitrogens is 2. The van der Waals surface area contributed by atoms with Crippen LogP contribution in [0.3, 0.4) is 0 Å². The van der Waals surface area contributed by atoms with Gasteiger partial charge in [-0.05, 0) is 24.5 Å². The average Bonchev–Trinajstić information content (AvgIpc) is 3.14. The lowest BCUT2D eigenvalue weighted by Gasteiger charge is -2.24. The Balaban J connectivity index is 1.64. The number of nitrogens with one attached hydrogen (secondary N) is 2. The van der Waals surface area contributed by atoms with Gasteiger partial charge >= 0.3 is 5.69 Å². The molecule has 7 nitrogen and oxygen atoms in total. The molecular weight excluding hydrogens is 270 g/mol. The highest BCUT2D eigenvalue weighted by atomic mass is 16.2. The maximum atomic E-state index is 12.4. The second kappa shape index (κ2) is 5.90. The molecule has 1 aliphatic heterocycles. The summed E-state index contributed by atoms with van der Waals surface area (Å²) in [7, 11) is 0. The van der Waals surface area contributed by atoms with Gasteiger partial charge in [-0.1, -0.05) is 6.07 Å². The molecule has 21 heavy (non-hydrogen) atoms. The van der Waals surface area contributed by atoms with E-state index in [4.69, 9.17) is 0 Å². The Labute approximate surface area is 121 Å². The second-order valence-corrected chi connectivity index (χ2v) is 5.16. The zero-order valence-corrected chi connectivity index (χ0v) is 11.6. The third-order valence-corrected chi connectivity index (χ3v) is 3.77. The first-order valence-electron chi connectivity index (χ1n) is 7.07. The number of hydrogen-bond acceptors (Lipinski definition) is 4. The molecule has 1 aliphatic rings. The molecule has 0 saturated carbocycles. The SMILES string of the molecule is O=C(CCc1n[nH]c(=O)[nH]1)N1CCCC1c1cccnc1. The lowest BCUT2D eigenvalue weighted by atomic mass is 10.1. The van der Waals surface area contributed by atoms with Crippen LogP contribution >= 0.6 is 0 Å². The Morgan fingerprint density at radius 2 is 2.38 bits per heavy atom. The fraction of sp³-hybridized carbons (Fsp3) is 0.429. The summed E-state index contributed by atoms with van der Waals surface area (Å²) < 4.78 is 0. The Hall–Kier alpha value is -2.44. The molecule has 0 aromatic carbocycles. The molecule has 0 radical (unpaired) electrons. The minimum absolute atomic E-state index is 0.0882. The molecule has 0 bridgehead atoms. The van der Waals surface area contributed by atoms with E-state index >= 15 is 0 Å². The number of aryl methyl sites for hydroxylation is 1. The van der Waals surface area contributed by atoms with Gasteiger partial charge in [0.05, 0.1) is 6.04 Å². The van der Waals surface area contributed by atoms with Crippen LogP contribution in [0.1, 0.15) is 36.7 Å². The topological polar surface area (TPSA) is 94.7 Å². The Morgan fingerprint density at radius 3 is 3.10 bits per heavy atom. The van der Waals surface area contributed by atoms with Crippen LogP contribution < -0.4 is 5.69 Å². The number of amides is 1. The number of aromatic amines is 2. The van der Waals surface area contributed by atoms with Crippen LogP contribution in [-0.2, 0) is 11.2 Å². The number of hydrogen-bond donors (Lipinski definition) is 2. The number of aromatic nitrogens is 4. The Bertz CT molecular complexity index is 663. The molecule has 3 heterocycles. The van der Waals surface area contributed by atoms with Gasteiger partial charge in [0, 0.05) is 31.8 Å². The smallest absolute Gasteiger partial charge is 0.336 e. The lowest BCUT2D eigenvalue weighted by Crippen LogP contribution is -2.30. The summed E-state index contributed by atoms with van der Waals surface area (Å²) in [6, 6.07) is 4.02. The van der Waals surface area contributed by atoms with Gasteiger partial charge in [0.1, 0.15) is 5.82 Å². The van der Waals surface area contributed by atoms with E-state index in [0.717, 1.165) is 24.9 Å². The molecule has 2 aromatic rings. The van der Waals surface area contributed by atoms with Crippen molar-refractivity contribution in [1.29, 1.82) is 0 Å². The van der Waals surface area contributed by atoms with Crippen LogP contribution in [0.15, 0.2) is 29.3 Å². The predicted molar refractivity (Wildman–Crippen MR) is 75.5 cm³/mol. The number of pyridine rings is 1. The monoisotopic (exact) mass is 287 g/mol. The summed E-state index contributed by atoms with van der Waals surface area (Å²) in [4.78, 5) is 31.9. The maximum absolute atomic E-state index is 12.4. The van der Waals surface area contributed by atoms with E-state index in [1.807, 2.05) is 23.2 Å². The van der Waals surface area contributed by atoms with Gasteiger partial charge < -0.3 is 4.90 Å². The van der Waals surface area contributed by atoms with E-state index in [2.05, 4.69) is 20.2 Å². The minimum Gasteiger partial charge on any atom is -0.336 e. The van der Waals surface area contributed by atoms with Crippen molar-refractivity contribution >= 4 is 5.91 Å². The van der Waals surface area contributed by atoms with Crippen molar-refractivity contribution in [2.45, 2.75) is 31.7 Å². The average molecular weight is 287 g/mol. The molecule has 3 rings (SSSR count). The standard InChI is InChI=1S/C14H17N5O2/c20-13(6-5-12-16-14(21)18-17-12)19-8-2-4-11(19)10-3-1-7-15-9-10/h1,3,7,9,11H,2,4-6,8H2,(H2,16,17,18,21). The van der Waals surface area contributed by atoms with Crippen LogP contribution in [0.25, 0.3) is 0 Å². The first-order valence-corrected chi connectivity index (χ1v) is 7.07. The first kappa shape index (κ1) is 13.5. The molecule has 1 unspecified atom stereocenters. The van der Waals surface area contributed by atoms with Gasteiger partial charge in [0.25, 0.3) is 0 Å². The molecule has 7 heteroatoms. The number of rotatable bonds is 4. The highest BCUT2D eigenvalue weighted by Gasteiger charge is 2.29. The molecule has 1 amide bonds. The van der Waals surface area contributed by atoms with Crippen molar-refractivity contribution in [2.24, 2.45) is 0 Å². The zero-order chi connectivity index (χ0) is 14.7. The second-order valence-electron chi connectivity index (χ2n) is 5.16. The Kier molecular flexibility index (Phi) is 3.81. The third-order valence-electron chi connectivity index (χ3n) is 3.77. The zero-order valence-electron chi connectivity index (χ0n) is 11.6. The van der Waals surface area contributed by atoms with Crippen molar-refractivity contribution in [3.63, 3.8) is 0 Å². The number of carbonyl (C=O) groups excluding carboxylic acids is 1. The van der Waals surface area contributed by atoms with E-state index in [1.54, 1.807) is 6.20 Å². The van der Waals surface area contributed by atoms with Gasteiger partial charge in [-0.2, -0.15) is 5.10 Å². The molecule has 0 aliphatic carbocycles. The maximum Gasteiger partial charge on any atom is 0.340 e. The summed E-state index contributed by atoms with van der Waals surface area (Å²) in [5, 5.41) is 6.12. The Morgan fingerprint density at radius 1 is 1.48 bits per heavy atom. The van der Waals surface area contributed by atoms with E-state index in [9.17, 15) is 9.59 Å². The fourth-order valence-electron chi connectivity index (χ4n) is 2.78. The largest absolute Gasteiger partial charge is 0.340 e. The molecule has 1 atom stereocenters. The van der Waals surface area contributed by atoms with Crippen molar-refractivity contribution in [3.05, 3.63) is 46.4 Å². The summed E-state index contributed by atoms with van der Waals surface area (Å²) in [5.41, 5.74) is 0.739. The van der Waals surface area contributed by atoms with E-state index < -0.39 is 0 Å². The summed E-state index contributed by atoms with van der Waals surface area (Å²) in [6.07, 6.45) is 6.31. The summed E-state index contributed by atoms with van der Waals surface area (Å²) in [5.74, 6) is 0.607. The molecule has 1 saturated heterocycles. The molecular formula is C14H17N5O2. The minimum atomic E-state index is -0.341. The normalized spacial score (nSPS) is 18.1. The molecule has 1 fully saturated rings. The van der Waals surface area contributed by atoms with E-state index in [0.29, 0.717) is 18.7 Å². The van der Waals surface area contributed by atoms with Crippen LogP contribution in [0.4, 0.5) is 0 Å². The van der Waals surface area contributed by atoms with Crippen LogP contribution in [-0.4, -0.2) is 37.5 Å². The van der Waals surface area contributed by atoms with Crippen LogP contribution in [0.2, 0.25) is 0 Å². The lowest BCUT2D eigenvalue weighted by molar-refractivity contribution is -0.132. The van der Waals surface area contributed by atoms with E-state index in [1.165, 1.54) is 0 Å². The van der Waals surface area contributed by atoms with Crippen molar-refractivity contribution in [1.82, 2.24) is 25.1 Å². The van der Waals surface area contributed by atoms with Gasteiger partial charge in [-0.15, -0.1) is 0 Å². The van der Waals surface area contributed by atoms with Gasteiger partial charge in [0.15, 0.2) is 0 Å². The molecule has 110 valence electrons. The highest BCUT2D eigenvalue weighted by Crippen LogP contribution is 2.31. The molecule has 0 spiro atoms. The number of nitrogens with zero attached hydrogens (tertiary/aromatic N) is 3. The molecule has 2 N–H and O–H groups in total. The van der Waals surface area contributed by atoms with Crippen molar-refractivity contribution in [3.8, 4) is 0 Å². The van der Waals surface area contributed by atoms with Gasteiger partial charge in [-0.25, -0.2) is 9.89 Å². The number of likely N-dealkylation sites (tertiary alicyclic amines) is 1. The molecule has 2 aromatic heterocycles. The summed E-state index contributed by atoms with van der Waals surface area (Å²) >= 11 is 0. The third kappa shape index (κ3) is 3.01. The fourth-order valence-corrected chi connectivity index (χ4v) is 2.78. The highest BCUT2D eigenvalue weighted by molar-refractivity contribution is 5.77. The quantitative estimate of drug-likeness (QED) is 0.869. The predicted octanol–water partition coefficient (Wildman–Crippen LogP) is 0.789. The van der Waals surface area contributed by atoms with Crippen LogP contribution in [0, 0.1) is 0 Å². The van der Waals surface area contributed by atoms with Crippen molar-refractivity contribution < 1.29 is 4.79 Å². The number of carbonyl (C=O) groups is 1.